The summed E-state index contributed by atoms with van der Waals surface area (Å²) < 4.78 is 34.7. The Kier molecular flexibility index (Phi) is 11.6. The number of aryl methyl sites for hydroxylation is 1. The Hall–Kier alpha value is -4.05. The number of methoxy groups -OCH3 is 1. The number of benzene rings is 4. The molecule has 8 nitrogen and oxygen atoms in total. The van der Waals surface area contributed by atoms with Gasteiger partial charge in [0, 0.05) is 18.5 Å². The summed E-state index contributed by atoms with van der Waals surface area (Å²) >= 11 is 12.5. The Morgan fingerprint density at radius 2 is 1.49 bits per heavy atom. The van der Waals surface area contributed by atoms with E-state index >= 15 is 0 Å². The van der Waals surface area contributed by atoms with E-state index in [9.17, 15) is 18.0 Å². The fourth-order valence-corrected chi connectivity index (χ4v) is 6.69. The molecule has 0 aliphatic heterocycles. The molecule has 0 fully saturated rings. The zero-order valence-electron chi connectivity index (χ0n) is 27.0. The third kappa shape index (κ3) is 9.50. The number of hydrogen-bond donors (Lipinski definition) is 1. The van der Waals surface area contributed by atoms with Crippen molar-refractivity contribution in [1.29, 1.82) is 0 Å². The molecule has 0 aliphatic rings. The molecule has 0 aromatic heterocycles. The highest BCUT2D eigenvalue weighted by Gasteiger charge is 2.35. The lowest BCUT2D eigenvalue weighted by atomic mass is 10.0. The fourth-order valence-electron chi connectivity index (χ4n) is 4.96. The van der Waals surface area contributed by atoms with Crippen molar-refractivity contribution >= 4 is 50.7 Å². The molecule has 0 saturated carbocycles. The lowest BCUT2D eigenvalue weighted by Gasteiger charge is -2.35. The lowest BCUT2D eigenvalue weighted by molar-refractivity contribution is -0.140. The van der Waals surface area contributed by atoms with Crippen molar-refractivity contribution in [1.82, 2.24) is 10.2 Å². The quantitative estimate of drug-likeness (QED) is 0.171. The van der Waals surface area contributed by atoms with Crippen LogP contribution in [0.4, 0.5) is 5.69 Å². The molecule has 0 aliphatic carbocycles. The van der Waals surface area contributed by atoms with Gasteiger partial charge in [0.25, 0.3) is 10.0 Å². The van der Waals surface area contributed by atoms with Crippen LogP contribution in [-0.4, -0.2) is 50.4 Å². The van der Waals surface area contributed by atoms with Gasteiger partial charge >= 0.3 is 0 Å². The van der Waals surface area contributed by atoms with Crippen LogP contribution in [0, 0.1) is 6.92 Å². The van der Waals surface area contributed by atoms with Crippen LogP contribution >= 0.6 is 23.2 Å². The van der Waals surface area contributed by atoms with Crippen molar-refractivity contribution in [2.75, 3.05) is 18.0 Å². The number of amides is 2. The normalized spacial score (nSPS) is 12.2. The molecule has 2 amide bonds. The Labute approximate surface area is 287 Å². The summed E-state index contributed by atoms with van der Waals surface area (Å²) in [6.07, 6.45) is 0.184. The molecule has 4 aromatic carbocycles. The van der Waals surface area contributed by atoms with Gasteiger partial charge in [0.15, 0.2) is 0 Å². The largest absolute Gasteiger partial charge is 0.497 e. The molecule has 4 aromatic rings. The van der Waals surface area contributed by atoms with Gasteiger partial charge in [-0.1, -0.05) is 77.3 Å². The number of rotatable bonds is 12. The number of hydrogen-bond acceptors (Lipinski definition) is 5. The maximum absolute atomic E-state index is 14.6. The van der Waals surface area contributed by atoms with Crippen LogP contribution in [0.1, 0.15) is 37.5 Å². The summed E-state index contributed by atoms with van der Waals surface area (Å²) in [7, 11) is -2.72. The van der Waals surface area contributed by atoms with Crippen molar-refractivity contribution in [3.8, 4) is 5.75 Å². The second kappa shape index (κ2) is 15.2. The molecule has 1 N–H and O–H groups in total. The van der Waals surface area contributed by atoms with Crippen molar-refractivity contribution < 1.29 is 22.7 Å². The van der Waals surface area contributed by atoms with Gasteiger partial charge < -0.3 is 15.0 Å². The van der Waals surface area contributed by atoms with E-state index < -0.39 is 34.1 Å². The lowest BCUT2D eigenvalue weighted by Crippen LogP contribution is -2.56. The molecule has 47 heavy (non-hydrogen) atoms. The zero-order chi connectivity index (χ0) is 34.4. The van der Waals surface area contributed by atoms with Crippen LogP contribution in [0.5, 0.6) is 5.75 Å². The van der Waals surface area contributed by atoms with Crippen LogP contribution in [0.3, 0.4) is 0 Å². The molecular weight excluding hydrogens is 657 g/mol. The molecule has 0 bridgehead atoms. The van der Waals surface area contributed by atoms with E-state index in [2.05, 4.69) is 5.32 Å². The monoisotopic (exact) mass is 695 g/mol. The molecule has 0 spiro atoms. The number of nitrogens with zero attached hydrogens (tertiary/aromatic N) is 2. The van der Waals surface area contributed by atoms with Crippen molar-refractivity contribution in [3.05, 3.63) is 124 Å². The van der Waals surface area contributed by atoms with Gasteiger partial charge in [0.2, 0.25) is 11.8 Å². The highest BCUT2D eigenvalue weighted by molar-refractivity contribution is 7.92. The molecule has 4 rings (SSSR count). The van der Waals surface area contributed by atoms with Gasteiger partial charge in [-0.15, -0.1) is 0 Å². The molecule has 0 heterocycles. The van der Waals surface area contributed by atoms with Gasteiger partial charge in [-0.2, -0.15) is 0 Å². The molecule has 0 unspecified atom stereocenters. The molecule has 0 saturated heterocycles. The van der Waals surface area contributed by atoms with E-state index in [1.807, 2.05) is 58.0 Å². The van der Waals surface area contributed by atoms with Crippen LogP contribution < -0.4 is 14.4 Å². The van der Waals surface area contributed by atoms with Gasteiger partial charge in [0.05, 0.1) is 27.7 Å². The Balaban J connectivity index is 1.83. The van der Waals surface area contributed by atoms with Gasteiger partial charge in [-0.25, -0.2) is 8.42 Å². The van der Waals surface area contributed by atoms with Gasteiger partial charge in [-0.3, -0.25) is 13.9 Å². The standard InChI is InChI=1S/C36H39Cl2N3O5S/c1-25-11-18-30(19-12-25)47(44,45)41(28-14-16-29(46-5)17-15-28)24-34(42)40(23-27-13-20-31(37)32(38)21-27)33(35(43)39-36(2,3)4)22-26-9-7-6-8-10-26/h6-21,33H,22-24H2,1-5H3,(H,39,43)/t33-/m0/s1. The first-order valence-electron chi connectivity index (χ1n) is 15.0. The van der Waals surface area contributed by atoms with Crippen molar-refractivity contribution in [3.63, 3.8) is 0 Å². The Morgan fingerprint density at radius 3 is 2.06 bits per heavy atom. The number of halogens is 2. The second-order valence-electron chi connectivity index (χ2n) is 12.2. The minimum Gasteiger partial charge on any atom is -0.497 e. The molecular formula is C36H39Cl2N3O5S. The maximum Gasteiger partial charge on any atom is 0.264 e. The topological polar surface area (TPSA) is 96.0 Å². The third-order valence-electron chi connectivity index (χ3n) is 7.35. The van der Waals surface area contributed by atoms with Crippen LogP contribution in [0.2, 0.25) is 10.0 Å². The van der Waals surface area contributed by atoms with E-state index in [0.29, 0.717) is 16.3 Å². The summed E-state index contributed by atoms with van der Waals surface area (Å²) in [5.41, 5.74) is 1.98. The summed E-state index contributed by atoms with van der Waals surface area (Å²) in [4.78, 5) is 30.0. The molecule has 11 heteroatoms. The average molecular weight is 697 g/mol. The zero-order valence-corrected chi connectivity index (χ0v) is 29.4. The summed E-state index contributed by atoms with van der Waals surface area (Å²) in [6, 6.07) is 26.1. The minimum absolute atomic E-state index is 0.0223. The van der Waals surface area contributed by atoms with Crippen molar-refractivity contribution in [2.24, 2.45) is 0 Å². The van der Waals surface area contributed by atoms with Crippen LogP contribution in [0.25, 0.3) is 0 Å². The van der Waals surface area contributed by atoms with Crippen LogP contribution in [0.15, 0.2) is 102 Å². The summed E-state index contributed by atoms with van der Waals surface area (Å²) in [5.74, 6) is -0.449. The van der Waals surface area contributed by atoms with Crippen molar-refractivity contribution in [2.45, 2.75) is 57.1 Å². The molecule has 0 radical (unpaired) electrons. The number of carbonyl (C=O) groups is 2. The number of anilines is 1. The first-order chi connectivity index (χ1) is 22.2. The highest BCUT2D eigenvalue weighted by Crippen LogP contribution is 2.28. The number of ether oxygens (including phenoxy) is 1. The molecule has 248 valence electrons. The predicted octanol–water partition coefficient (Wildman–Crippen LogP) is 7.06. The number of carbonyl (C=O) groups excluding carboxylic acids is 2. The minimum atomic E-state index is -4.23. The van der Waals surface area contributed by atoms with E-state index in [-0.39, 0.29) is 34.5 Å². The van der Waals surface area contributed by atoms with Gasteiger partial charge in [0.1, 0.15) is 18.3 Å². The SMILES string of the molecule is COc1ccc(N(CC(=O)N(Cc2ccc(Cl)c(Cl)c2)[C@@H](Cc2ccccc2)C(=O)NC(C)(C)C)S(=O)(=O)c2ccc(C)cc2)cc1. The fraction of sp³-hybridized carbons (Fsp3) is 0.278. The smallest absolute Gasteiger partial charge is 0.264 e. The van der Waals surface area contributed by atoms with Gasteiger partial charge in [-0.05, 0) is 87.4 Å². The Morgan fingerprint density at radius 1 is 0.851 bits per heavy atom. The Bertz CT molecular complexity index is 1790. The second-order valence-corrected chi connectivity index (χ2v) is 14.9. The van der Waals surface area contributed by atoms with E-state index in [4.69, 9.17) is 27.9 Å². The van der Waals surface area contributed by atoms with E-state index in [1.54, 1.807) is 54.6 Å². The third-order valence-corrected chi connectivity index (χ3v) is 9.88. The van der Waals surface area contributed by atoms with E-state index in [0.717, 1.165) is 15.4 Å². The maximum atomic E-state index is 14.6. The molecule has 1 atom stereocenters. The predicted molar refractivity (Wildman–Crippen MR) is 188 cm³/mol. The summed E-state index contributed by atoms with van der Waals surface area (Å²) in [6.45, 7) is 6.81. The van der Waals surface area contributed by atoms with E-state index in [1.165, 1.54) is 24.1 Å². The average Bonchev–Trinajstić information content (AvgIpc) is 3.03. The highest BCUT2D eigenvalue weighted by atomic mass is 35.5. The van der Waals surface area contributed by atoms with Crippen LogP contribution in [-0.2, 0) is 32.6 Å². The first-order valence-corrected chi connectivity index (χ1v) is 17.2. The number of sulfonamides is 1. The summed E-state index contributed by atoms with van der Waals surface area (Å²) in [5, 5.41) is 3.65. The number of nitrogens with one attached hydrogen (secondary N) is 1. The first kappa shape index (κ1) is 35.8.